The molecule has 0 unspecified atom stereocenters. The first kappa shape index (κ1) is 22.3. The molecule has 2 heterocycles. The number of hydrogen-bond acceptors (Lipinski definition) is 7. The fourth-order valence-corrected chi connectivity index (χ4v) is 3.22. The largest absolute Gasteiger partial charge is 0.497 e. The molecule has 0 bridgehead atoms. The van der Waals surface area contributed by atoms with Crippen LogP contribution in [-0.4, -0.2) is 52.6 Å². The predicted octanol–water partition coefficient (Wildman–Crippen LogP) is 3.34. The highest BCUT2D eigenvalue weighted by Gasteiger charge is 2.12. The molecule has 1 amide bonds. The Bertz CT molecular complexity index is 1280. The lowest BCUT2D eigenvalue weighted by atomic mass is 10.2. The minimum Gasteiger partial charge on any atom is -0.497 e. The molecule has 0 fully saturated rings. The Hall–Kier alpha value is -3.85. The van der Waals surface area contributed by atoms with Gasteiger partial charge in [0.15, 0.2) is 18.1 Å². The summed E-state index contributed by atoms with van der Waals surface area (Å²) in [4.78, 5) is 12.0. The number of methoxy groups -OCH3 is 1. The average molecular weight is 468 g/mol. The Kier molecular flexibility index (Phi) is 6.89. The summed E-state index contributed by atoms with van der Waals surface area (Å²) < 4.78 is 18.0. The Morgan fingerprint density at radius 2 is 1.97 bits per heavy atom. The van der Waals surface area contributed by atoms with Gasteiger partial charge in [-0.05, 0) is 42.8 Å². The van der Waals surface area contributed by atoms with Crippen LogP contribution in [0.4, 0.5) is 0 Å². The van der Waals surface area contributed by atoms with Crippen LogP contribution in [0.25, 0.3) is 17.0 Å². The second kappa shape index (κ2) is 10.2. The summed E-state index contributed by atoms with van der Waals surface area (Å²) in [6.07, 6.45) is 0. The Morgan fingerprint density at radius 1 is 1.09 bits per heavy atom. The third-order valence-corrected chi connectivity index (χ3v) is 5.00. The number of halogens is 1. The quantitative estimate of drug-likeness (QED) is 0.377. The Morgan fingerprint density at radius 3 is 2.82 bits per heavy atom. The summed E-state index contributed by atoms with van der Waals surface area (Å²) in [6.45, 7) is 2.30. The maximum absolute atomic E-state index is 12.0. The lowest BCUT2D eigenvalue weighted by Gasteiger charge is -2.10. The molecule has 2 aromatic heterocycles. The molecule has 1 N–H and O–H groups in total. The van der Waals surface area contributed by atoms with Crippen LogP contribution < -0.4 is 19.5 Å². The monoisotopic (exact) mass is 467 g/mol. The average Bonchev–Trinajstić information content (AvgIpc) is 3.26. The molecule has 0 aliphatic carbocycles. The van der Waals surface area contributed by atoms with E-state index in [0.717, 1.165) is 11.1 Å². The summed E-state index contributed by atoms with van der Waals surface area (Å²) in [6, 6.07) is 16.3. The van der Waals surface area contributed by atoms with Crippen LogP contribution in [-0.2, 0) is 4.79 Å². The normalized spacial score (nSPS) is 10.8. The second-order valence-electron chi connectivity index (χ2n) is 7.12. The van der Waals surface area contributed by atoms with Crippen molar-refractivity contribution in [1.82, 2.24) is 25.1 Å². The van der Waals surface area contributed by atoms with Crippen molar-refractivity contribution in [3.8, 4) is 28.8 Å². The first-order valence-corrected chi connectivity index (χ1v) is 10.6. The van der Waals surface area contributed by atoms with Gasteiger partial charge >= 0.3 is 0 Å². The fourth-order valence-electron chi connectivity index (χ4n) is 3.05. The first-order valence-electron chi connectivity index (χ1n) is 10.2. The molecule has 0 saturated carbocycles. The number of ether oxygens (including phenoxy) is 3. The summed E-state index contributed by atoms with van der Waals surface area (Å²) in [5.74, 6) is 1.85. The molecular weight excluding hydrogens is 446 g/mol. The molecule has 170 valence electrons. The molecule has 0 atom stereocenters. The minimum absolute atomic E-state index is 0.141. The van der Waals surface area contributed by atoms with Crippen LogP contribution in [0.15, 0.2) is 54.6 Å². The smallest absolute Gasteiger partial charge is 0.258 e. The van der Waals surface area contributed by atoms with Crippen molar-refractivity contribution in [2.75, 3.05) is 26.9 Å². The second-order valence-corrected chi connectivity index (χ2v) is 7.53. The van der Waals surface area contributed by atoms with Gasteiger partial charge < -0.3 is 19.5 Å². The van der Waals surface area contributed by atoms with Crippen LogP contribution in [0.2, 0.25) is 5.02 Å². The summed E-state index contributed by atoms with van der Waals surface area (Å²) in [5.41, 5.74) is 2.39. The molecule has 9 nitrogen and oxygen atoms in total. The van der Waals surface area contributed by atoms with Gasteiger partial charge in [-0.1, -0.05) is 29.8 Å². The van der Waals surface area contributed by atoms with E-state index in [0.29, 0.717) is 33.9 Å². The number of fused-ring (bicyclic) bond motifs is 1. The van der Waals surface area contributed by atoms with E-state index in [4.69, 9.17) is 25.8 Å². The van der Waals surface area contributed by atoms with Crippen LogP contribution in [0.3, 0.4) is 0 Å². The lowest BCUT2D eigenvalue weighted by Crippen LogP contribution is -2.32. The van der Waals surface area contributed by atoms with E-state index in [2.05, 4.69) is 20.6 Å². The van der Waals surface area contributed by atoms with Gasteiger partial charge in [-0.3, -0.25) is 4.79 Å². The van der Waals surface area contributed by atoms with Gasteiger partial charge in [0.1, 0.15) is 18.1 Å². The third-order valence-electron chi connectivity index (χ3n) is 4.69. The van der Waals surface area contributed by atoms with Crippen molar-refractivity contribution in [3.63, 3.8) is 0 Å². The summed E-state index contributed by atoms with van der Waals surface area (Å²) in [7, 11) is 1.61. The van der Waals surface area contributed by atoms with Crippen molar-refractivity contribution in [2.45, 2.75) is 6.92 Å². The molecule has 10 heteroatoms. The number of aryl methyl sites for hydroxylation is 1. The highest BCUT2D eigenvalue weighted by Crippen LogP contribution is 2.25. The van der Waals surface area contributed by atoms with Crippen LogP contribution in [0.1, 0.15) is 5.56 Å². The molecule has 0 aliphatic rings. The topological polar surface area (TPSA) is 99.9 Å². The van der Waals surface area contributed by atoms with Crippen molar-refractivity contribution >= 4 is 23.2 Å². The van der Waals surface area contributed by atoms with Gasteiger partial charge in [0.05, 0.1) is 18.7 Å². The minimum atomic E-state index is -0.279. The maximum Gasteiger partial charge on any atom is 0.258 e. The number of carbonyl (C=O) groups is 1. The molecule has 0 aliphatic heterocycles. The first-order chi connectivity index (χ1) is 16.0. The van der Waals surface area contributed by atoms with E-state index in [9.17, 15) is 4.79 Å². The zero-order chi connectivity index (χ0) is 23.2. The van der Waals surface area contributed by atoms with Crippen molar-refractivity contribution < 1.29 is 19.0 Å². The molecular formula is C23H22ClN5O4. The van der Waals surface area contributed by atoms with Gasteiger partial charge in [0, 0.05) is 11.6 Å². The standard InChI is InChI=1S/C23H22ClN5O4/c1-15-6-7-18(24)19(12-15)33-14-21(30)25-10-11-32-22-9-8-20-26-27-23(29(20)28-22)16-4-3-5-17(13-16)31-2/h3-9,12-13H,10-11,14H2,1-2H3,(H,25,30). The highest BCUT2D eigenvalue weighted by molar-refractivity contribution is 6.32. The van der Waals surface area contributed by atoms with E-state index >= 15 is 0 Å². The van der Waals surface area contributed by atoms with Crippen LogP contribution >= 0.6 is 11.6 Å². The number of rotatable bonds is 9. The molecule has 4 rings (SSSR count). The summed E-state index contributed by atoms with van der Waals surface area (Å²) in [5, 5.41) is 16.0. The van der Waals surface area contributed by atoms with E-state index < -0.39 is 0 Å². The number of nitrogens with zero attached hydrogens (tertiary/aromatic N) is 4. The lowest BCUT2D eigenvalue weighted by molar-refractivity contribution is -0.123. The van der Waals surface area contributed by atoms with E-state index in [-0.39, 0.29) is 25.7 Å². The number of amides is 1. The summed E-state index contributed by atoms with van der Waals surface area (Å²) >= 11 is 6.07. The Balaban J connectivity index is 1.31. The van der Waals surface area contributed by atoms with E-state index in [1.165, 1.54) is 0 Å². The van der Waals surface area contributed by atoms with Crippen LogP contribution in [0.5, 0.6) is 17.4 Å². The number of carbonyl (C=O) groups excluding carboxylic acids is 1. The van der Waals surface area contributed by atoms with Crippen molar-refractivity contribution in [1.29, 1.82) is 0 Å². The van der Waals surface area contributed by atoms with Gasteiger partial charge in [-0.2, -0.15) is 4.52 Å². The van der Waals surface area contributed by atoms with E-state index in [1.807, 2.05) is 37.3 Å². The number of hydrogen-bond donors (Lipinski definition) is 1. The van der Waals surface area contributed by atoms with Crippen molar-refractivity contribution in [2.24, 2.45) is 0 Å². The third kappa shape index (κ3) is 5.50. The highest BCUT2D eigenvalue weighted by atomic mass is 35.5. The molecule has 2 aromatic carbocycles. The molecule has 4 aromatic rings. The fraction of sp³-hybridized carbons (Fsp3) is 0.217. The number of nitrogens with one attached hydrogen (secondary N) is 1. The van der Waals surface area contributed by atoms with E-state index in [1.54, 1.807) is 35.9 Å². The maximum atomic E-state index is 12.0. The molecule has 0 spiro atoms. The molecule has 33 heavy (non-hydrogen) atoms. The van der Waals surface area contributed by atoms with Gasteiger partial charge in [-0.15, -0.1) is 15.3 Å². The molecule has 0 radical (unpaired) electrons. The van der Waals surface area contributed by atoms with Gasteiger partial charge in [0.25, 0.3) is 5.91 Å². The zero-order valence-electron chi connectivity index (χ0n) is 18.1. The van der Waals surface area contributed by atoms with Gasteiger partial charge in [-0.25, -0.2) is 0 Å². The van der Waals surface area contributed by atoms with Crippen LogP contribution in [0, 0.1) is 6.92 Å². The molecule has 0 saturated heterocycles. The number of aromatic nitrogens is 4. The SMILES string of the molecule is COc1cccc(-c2nnc3ccc(OCCNC(=O)COc4cc(C)ccc4Cl)nn23)c1. The van der Waals surface area contributed by atoms with Gasteiger partial charge in [0.2, 0.25) is 5.88 Å². The predicted molar refractivity (Wildman–Crippen MR) is 123 cm³/mol. The van der Waals surface area contributed by atoms with Crippen molar-refractivity contribution in [3.05, 3.63) is 65.2 Å². The zero-order valence-corrected chi connectivity index (χ0v) is 18.9. The Labute approximate surface area is 195 Å². The number of benzene rings is 2.